The van der Waals surface area contributed by atoms with Gasteiger partial charge in [0.25, 0.3) is 11.8 Å². The first-order valence-corrected chi connectivity index (χ1v) is 10.5. The summed E-state index contributed by atoms with van der Waals surface area (Å²) in [6.45, 7) is 2.63. The molecule has 0 radical (unpaired) electrons. The van der Waals surface area contributed by atoms with Gasteiger partial charge in [0.05, 0.1) is 6.04 Å². The van der Waals surface area contributed by atoms with E-state index in [1.165, 1.54) is 11.3 Å². The summed E-state index contributed by atoms with van der Waals surface area (Å²) in [5.41, 5.74) is 2.37. The molecule has 2 amide bonds. The summed E-state index contributed by atoms with van der Waals surface area (Å²) in [5.74, 6) is -0.390. The standard InChI is InChI=1S/C21H19ClN4O2S/c1-13-7-9-16(10-8-13)23-18(27)20-25-24-19(29-20)17-6-3-11-26(17)21(28)14-4-2-5-15(22)12-14/h2,4-5,7-10,12,17H,3,6,11H2,1H3,(H,23,27). The fraction of sp³-hybridized carbons (Fsp3) is 0.238. The van der Waals surface area contributed by atoms with Crippen molar-refractivity contribution < 1.29 is 9.59 Å². The number of hydrogen-bond acceptors (Lipinski definition) is 5. The maximum absolute atomic E-state index is 12.9. The molecule has 1 aliphatic rings. The van der Waals surface area contributed by atoms with Crippen LogP contribution < -0.4 is 5.32 Å². The van der Waals surface area contributed by atoms with Crippen molar-refractivity contribution in [3.63, 3.8) is 0 Å². The molecule has 2 aromatic carbocycles. The van der Waals surface area contributed by atoms with Gasteiger partial charge in [0, 0.05) is 22.8 Å². The van der Waals surface area contributed by atoms with E-state index in [9.17, 15) is 9.59 Å². The predicted octanol–water partition coefficient (Wildman–Crippen LogP) is 4.73. The van der Waals surface area contributed by atoms with Crippen molar-refractivity contribution in [2.45, 2.75) is 25.8 Å². The molecular weight excluding hydrogens is 408 g/mol. The van der Waals surface area contributed by atoms with Crippen LogP contribution in [-0.4, -0.2) is 33.5 Å². The lowest BCUT2D eigenvalue weighted by Crippen LogP contribution is -2.30. The minimum Gasteiger partial charge on any atom is -0.329 e. The van der Waals surface area contributed by atoms with Crippen LogP contribution in [0, 0.1) is 6.92 Å². The number of aryl methyl sites for hydroxylation is 1. The second kappa shape index (κ2) is 8.31. The molecule has 1 saturated heterocycles. The van der Waals surface area contributed by atoms with Gasteiger partial charge in [-0.3, -0.25) is 9.59 Å². The first kappa shape index (κ1) is 19.5. The molecule has 1 unspecified atom stereocenters. The fourth-order valence-corrected chi connectivity index (χ4v) is 4.41. The Labute approximate surface area is 177 Å². The summed E-state index contributed by atoms with van der Waals surface area (Å²) in [7, 11) is 0. The van der Waals surface area contributed by atoms with Gasteiger partial charge in [-0.2, -0.15) is 0 Å². The van der Waals surface area contributed by atoms with Crippen LogP contribution in [0.3, 0.4) is 0 Å². The van der Waals surface area contributed by atoms with Gasteiger partial charge >= 0.3 is 0 Å². The SMILES string of the molecule is Cc1ccc(NC(=O)c2nnc(C3CCCN3C(=O)c3cccc(Cl)c3)s2)cc1. The Morgan fingerprint density at radius 3 is 2.72 bits per heavy atom. The number of anilines is 1. The van der Waals surface area contributed by atoms with Crippen LogP contribution in [-0.2, 0) is 0 Å². The fourth-order valence-electron chi connectivity index (χ4n) is 3.34. The number of halogens is 1. The van der Waals surface area contributed by atoms with E-state index in [2.05, 4.69) is 15.5 Å². The number of carbonyl (C=O) groups is 2. The zero-order chi connectivity index (χ0) is 20.4. The summed E-state index contributed by atoms with van der Waals surface area (Å²) >= 11 is 7.25. The lowest BCUT2D eigenvalue weighted by molar-refractivity contribution is 0.0735. The molecule has 0 spiro atoms. The molecule has 148 valence electrons. The van der Waals surface area contributed by atoms with Crippen molar-refractivity contribution in [2.75, 3.05) is 11.9 Å². The molecule has 0 saturated carbocycles. The van der Waals surface area contributed by atoms with E-state index in [4.69, 9.17) is 11.6 Å². The number of likely N-dealkylation sites (tertiary alicyclic amines) is 1. The van der Waals surface area contributed by atoms with Gasteiger partial charge in [0.2, 0.25) is 5.01 Å². The van der Waals surface area contributed by atoms with Crippen molar-refractivity contribution in [3.05, 3.63) is 74.7 Å². The minimum atomic E-state index is -0.302. The second-order valence-corrected chi connectivity index (χ2v) is 8.38. The molecule has 1 aromatic heterocycles. The molecule has 0 aliphatic carbocycles. The molecule has 1 aliphatic heterocycles. The van der Waals surface area contributed by atoms with Crippen molar-refractivity contribution >= 4 is 40.4 Å². The van der Waals surface area contributed by atoms with Gasteiger partial charge in [0.1, 0.15) is 5.01 Å². The summed E-state index contributed by atoms with van der Waals surface area (Å²) in [4.78, 5) is 27.2. The van der Waals surface area contributed by atoms with Crippen LogP contribution in [0.15, 0.2) is 48.5 Å². The Morgan fingerprint density at radius 2 is 1.97 bits per heavy atom. The number of nitrogens with one attached hydrogen (secondary N) is 1. The zero-order valence-corrected chi connectivity index (χ0v) is 17.3. The molecule has 0 bridgehead atoms. The van der Waals surface area contributed by atoms with Crippen LogP contribution in [0.25, 0.3) is 0 Å². The van der Waals surface area contributed by atoms with Gasteiger partial charge in [-0.05, 0) is 50.1 Å². The molecule has 1 atom stereocenters. The van der Waals surface area contributed by atoms with E-state index in [-0.39, 0.29) is 22.9 Å². The number of hydrogen-bond donors (Lipinski definition) is 1. The lowest BCUT2D eigenvalue weighted by Gasteiger charge is -2.22. The maximum Gasteiger partial charge on any atom is 0.286 e. The Balaban J connectivity index is 1.49. The molecular formula is C21H19ClN4O2S. The van der Waals surface area contributed by atoms with Crippen LogP contribution in [0.4, 0.5) is 5.69 Å². The number of aromatic nitrogens is 2. The van der Waals surface area contributed by atoms with E-state index in [0.29, 0.717) is 27.8 Å². The third-order valence-electron chi connectivity index (χ3n) is 4.81. The zero-order valence-electron chi connectivity index (χ0n) is 15.8. The van der Waals surface area contributed by atoms with Crippen LogP contribution in [0.1, 0.15) is 49.6 Å². The summed E-state index contributed by atoms with van der Waals surface area (Å²) < 4.78 is 0. The van der Waals surface area contributed by atoms with Crippen molar-refractivity contribution in [1.29, 1.82) is 0 Å². The average molecular weight is 427 g/mol. The second-order valence-electron chi connectivity index (χ2n) is 6.93. The van der Waals surface area contributed by atoms with Gasteiger partial charge in [0.15, 0.2) is 0 Å². The first-order chi connectivity index (χ1) is 14.0. The molecule has 3 aromatic rings. The Kier molecular flexibility index (Phi) is 5.60. The van der Waals surface area contributed by atoms with Crippen LogP contribution in [0.5, 0.6) is 0 Å². The van der Waals surface area contributed by atoms with E-state index in [1.54, 1.807) is 29.2 Å². The Morgan fingerprint density at radius 1 is 1.17 bits per heavy atom. The van der Waals surface area contributed by atoms with Crippen molar-refractivity contribution in [3.8, 4) is 0 Å². The van der Waals surface area contributed by atoms with E-state index < -0.39 is 0 Å². The largest absolute Gasteiger partial charge is 0.329 e. The number of rotatable bonds is 4. The number of benzene rings is 2. The highest BCUT2D eigenvalue weighted by Crippen LogP contribution is 2.35. The van der Waals surface area contributed by atoms with Gasteiger partial charge in [-0.25, -0.2) is 0 Å². The first-order valence-electron chi connectivity index (χ1n) is 9.29. The molecule has 1 N–H and O–H groups in total. The molecule has 2 heterocycles. The highest BCUT2D eigenvalue weighted by Gasteiger charge is 2.33. The maximum atomic E-state index is 12.9. The van der Waals surface area contributed by atoms with E-state index in [1.807, 2.05) is 31.2 Å². The van der Waals surface area contributed by atoms with Gasteiger partial charge in [-0.1, -0.05) is 46.7 Å². The summed E-state index contributed by atoms with van der Waals surface area (Å²) in [6, 6.07) is 14.3. The third kappa shape index (κ3) is 4.31. The topological polar surface area (TPSA) is 75.2 Å². The highest BCUT2D eigenvalue weighted by molar-refractivity contribution is 7.13. The highest BCUT2D eigenvalue weighted by atomic mass is 35.5. The van der Waals surface area contributed by atoms with Crippen LogP contribution >= 0.6 is 22.9 Å². The monoisotopic (exact) mass is 426 g/mol. The third-order valence-corrected chi connectivity index (χ3v) is 6.07. The number of nitrogens with zero attached hydrogens (tertiary/aromatic N) is 3. The smallest absolute Gasteiger partial charge is 0.286 e. The molecule has 29 heavy (non-hydrogen) atoms. The average Bonchev–Trinajstić information content (AvgIpc) is 3.38. The van der Waals surface area contributed by atoms with E-state index in [0.717, 1.165) is 18.4 Å². The molecule has 1 fully saturated rings. The Hall–Kier alpha value is -2.77. The predicted molar refractivity (Wildman–Crippen MR) is 114 cm³/mol. The van der Waals surface area contributed by atoms with Crippen LogP contribution in [0.2, 0.25) is 5.02 Å². The van der Waals surface area contributed by atoms with Crippen molar-refractivity contribution in [1.82, 2.24) is 15.1 Å². The minimum absolute atomic E-state index is 0.0872. The van der Waals surface area contributed by atoms with Crippen molar-refractivity contribution in [2.24, 2.45) is 0 Å². The number of carbonyl (C=O) groups excluding carboxylic acids is 2. The normalized spacial score (nSPS) is 16.1. The molecule has 8 heteroatoms. The quantitative estimate of drug-likeness (QED) is 0.654. The summed E-state index contributed by atoms with van der Waals surface area (Å²) in [5, 5.41) is 12.6. The van der Waals surface area contributed by atoms with Gasteiger partial charge < -0.3 is 10.2 Å². The molecule has 6 nitrogen and oxygen atoms in total. The molecule has 4 rings (SSSR count). The Bertz CT molecular complexity index is 1050. The summed E-state index contributed by atoms with van der Waals surface area (Å²) in [6.07, 6.45) is 1.67. The lowest BCUT2D eigenvalue weighted by atomic mass is 10.1. The van der Waals surface area contributed by atoms with E-state index >= 15 is 0 Å². The number of amides is 2. The van der Waals surface area contributed by atoms with Gasteiger partial charge in [-0.15, -0.1) is 10.2 Å².